The van der Waals surface area contributed by atoms with Crippen molar-refractivity contribution in [3.8, 4) is 5.75 Å². The van der Waals surface area contributed by atoms with E-state index in [1.807, 2.05) is 0 Å². The minimum Gasteiger partial charge on any atom is -0.493 e. The maximum absolute atomic E-state index is 5.74. The van der Waals surface area contributed by atoms with Gasteiger partial charge in [0.15, 0.2) is 0 Å². The van der Waals surface area contributed by atoms with Crippen molar-refractivity contribution in [2.45, 2.75) is 38.8 Å². The van der Waals surface area contributed by atoms with Gasteiger partial charge in [0.2, 0.25) is 0 Å². The van der Waals surface area contributed by atoms with Gasteiger partial charge in [-0.25, -0.2) is 0 Å². The molecule has 3 heteroatoms. The van der Waals surface area contributed by atoms with Crippen LogP contribution in [0.3, 0.4) is 0 Å². The Morgan fingerprint density at radius 2 is 2.26 bits per heavy atom. The highest BCUT2D eigenvalue weighted by molar-refractivity contribution is 5.41. The van der Waals surface area contributed by atoms with E-state index in [1.54, 1.807) is 0 Å². The van der Waals surface area contributed by atoms with Crippen LogP contribution in [0.5, 0.6) is 5.75 Å². The summed E-state index contributed by atoms with van der Waals surface area (Å²) in [5, 5.41) is 3.64. The molecule has 3 rings (SSSR count). The van der Waals surface area contributed by atoms with E-state index in [2.05, 4.69) is 37.4 Å². The summed E-state index contributed by atoms with van der Waals surface area (Å²) in [5.41, 5.74) is 2.74. The van der Waals surface area contributed by atoms with Crippen molar-refractivity contribution in [1.29, 1.82) is 0 Å². The number of rotatable bonds is 4. The first kappa shape index (κ1) is 12.9. The van der Waals surface area contributed by atoms with Crippen LogP contribution in [0.15, 0.2) is 18.2 Å². The van der Waals surface area contributed by atoms with E-state index in [0.29, 0.717) is 18.1 Å². The Bertz CT molecular complexity index is 446. The van der Waals surface area contributed by atoms with Crippen LogP contribution < -0.4 is 10.1 Å². The minimum absolute atomic E-state index is 0.341. The standard InChI is InChI=1S/C16H23NO2/c1-3-17-16(14-7-9-18-11(14)2)13-4-5-15-12(10-13)6-8-19-15/h4-5,10-11,14,16-17H,3,6-9H2,1-2H3. The van der Waals surface area contributed by atoms with Gasteiger partial charge in [-0.3, -0.25) is 0 Å². The van der Waals surface area contributed by atoms with Gasteiger partial charge in [0.25, 0.3) is 0 Å². The van der Waals surface area contributed by atoms with Gasteiger partial charge in [0.1, 0.15) is 5.75 Å². The molecular formula is C16H23NO2. The molecule has 3 atom stereocenters. The molecular weight excluding hydrogens is 238 g/mol. The number of nitrogens with one attached hydrogen (secondary N) is 1. The molecule has 1 N–H and O–H groups in total. The van der Waals surface area contributed by atoms with E-state index in [4.69, 9.17) is 9.47 Å². The Balaban J connectivity index is 1.87. The SMILES string of the molecule is CCNC(c1ccc2c(c1)CCO2)C1CCOC1C. The van der Waals surface area contributed by atoms with Gasteiger partial charge in [-0.1, -0.05) is 19.1 Å². The zero-order chi connectivity index (χ0) is 13.2. The molecule has 3 unspecified atom stereocenters. The average Bonchev–Trinajstić information content (AvgIpc) is 3.03. The Morgan fingerprint density at radius 1 is 1.37 bits per heavy atom. The lowest BCUT2D eigenvalue weighted by atomic mass is 9.87. The van der Waals surface area contributed by atoms with Gasteiger partial charge in [0.05, 0.1) is 12.7 Å². The van der Waals surface area contributed by atoms with Crippen LogP contribution in [0.4, 0.5) is 0 Å². The second-order valence-electron chi connectivity index (χ2n) is 5.53. The predicted molar refractivity (Wildman–Crippen MR) is 75.6 cm³/mol. The van der Waals surface area contributed by atoms with Crippen LogP contribution in [0.25, 0.3) is 0 Å². The fraction of sp³-hybridized carbons (Fsp3) is 0.625. The molecule has 0 bridgehead atoms. The van der Waals surface area contributed by atoms with Gasteiger partial charge in [-0.15, -0.1) is 0 Å². The Hall–Kier alpha value is -1.06. The minimum atomic E-state index is 0.341. The number of hydrogen-bond acceptors (Lipinski definition) is 3. The summed E-state index contributed by atoms with van der Waals surface area (Å²) in [4.78, 5) is 0. The average molecular weight is 261 g/mol. The quantitative estimate of drug-likeness (QED) is 0.904. The Kier molecular flexibility index (Phi) is 3.76. The molecule has 0 spiro atoms. The fourth-order valence-electron chi connectivity index (χ4n) is 3.32. The molecule has 19 heavy (non-hydrogen) atoms. The van der Waals surface area contributed by atoms with E-state index in [-0.39, 0.29) is 0 Å². The summed E-state index contributed by atoms with van der Waals surface area (Å²) < 4.78 is 11.3. The second-order valence-corrected chi connectivity index (χ2v) is 5.53. The zero-order valence-electron chi connectivity index (χ0n) is 11.8. The molecule has 0 aromatic heterocycles. The van der Waals surface area contributed by atoms with Crippen LogP contribution >= 0.6 is 0 Å². The maximum atomic E-state index is 5.74. The number of fused-ring (bicyclic) bond motifs is 1. The molecule has 2 aliphatic rings. The van der Waals surface area contributed by atoms with E-state index in [0.717, 1.165) is 38.3 Å². The molecule has 0 aliphatic carbocycles. The maximum Gasteiger partial charge on any atom is 0.122 e. The molecule has 2 heterocycles. The monoisotopic (exact) mass is 261 g/mol. The third-order valence-corrected chi connectivity index (χ3v) is 4.36. The molecule has 2 aliphatic heterocycles. The summed E-state index contributed by atoms with van der Waals surface area (Å²) in [7, 11) is 0. The largest absolute Gasteiger partial charge is 0.493 e. The fourth-order valence-corrected chi connectivity index (χ4v) is 3.32. The highest BCUT2D eigenvalue weighted by Crippen LogP contribution is 2.36. The van der Waals surface area contributed by atoms with E-state index in [9.17, 15) is 0 Å². The van der Waals surface area contributed by atoms with E-state index >= 15 is 0 Å². The topological polar surface area (TPSA) is 30.5 Å². The van der Waals surface area contributed by atoms with E-state index < -0.39 is 0 Å². The first-order valence-corrected chi connectivity index (χ1v) is 7.40. The smallest absolute Gasteiger partial charge is 0.122 e. The molecule has 0 amide bonds. The lowest BCUT2D eigenvalue weighted by Gasteiger charge is -2.27. The summed E-state index contributed by atoms with van der Waals surface area (Å²) in [6.07, 6.45) is 2.53. The summed E-state index contributed by atoms with van der Waals surface area (Å²) in [5.74, 6) is 1.63. The molecule has 0 radical (unpaired) electrons. The molecule has 3 nitrogen and oxygen atoms in total. The predicted octanol–water partition coefficient (Wildman–Crippen LogP) is 2.70. The molecule has 1 saturated heterocycles. The van der Waals surface area contributed by atoms with E-state index in [1.165, 1.54) is 11.1 Å². The van der Waals surface area contributed by atoms with Crippen LogP contribution in [0, 0.1) is 5.92 Å². The molecule has 1 fully saturated rings. The highest BCUT2D eigenvalue weighted by Gasteiger charge is 2.32. The lowest BCUT2D eigenvalue weighted by molar-refractivity contribution is 0.0956. The first-order valence-electron chi connectivity index (χ1n) is 7.40. The van der Waals surface area contributed by atoms with Crippen LogP contribution in [-0.4, -0.2) is 25.9 Å². The van der Waals surface area contributed by atoms with Gasteiger partial charge < -0.3 is 14.8 Å². The summed E-state index contributed by atoms with van der Waals surface area (Å²) in [6.45, 7) is 7.07. The second kappa shape index (κ2) is 5.51. The highest BCUT2D eigenvalue weighted by atomic mass is 16.5. The van der Waals surface area contributed by atoms with Crippen molar-refractivity contribution < 1.29 is 9.47 Å². The Labute approximate surface area is 115 Å². The van der Waals surface area contributed by atoms with Crippen molar-refractivity contribution >= 4 is 0 Å². The number of benzene rings is 1. The van der Waals surface area contributed by atoms with Crippen molar-refractivity contribution in [2.24, 2.45) is 5.92 Å². The Morgan fingerprint density at radius 3 is 3.00 bits per heavy atom. The van der Waals surface area contributed by atoms with Crippen molar-refractivity contribution in [3.05, 3.63) is 29.3 Å². The normalized spacial score (nSPS) is 27.1. The van der Waals surface area contributed by atoms with Crippen molar-refractivity contribution in [2.75, 3.05) is 19.8 Å². The molecule has 1 aromatic carbocycles. The van der Waals surface area contributed by atoms with Gasteiger partial charge >= 0.3 is 0 Å². The van der Waals surface area contributed by atoms with Gasteiger partial charge in [-0.2, -0.15) is 0 Å². The molecule has 104 valence electrons. The molecule has 1 aromatic rings. The van der Waals surface area contributed by atoms with Crippen LogP contribution in [0.1, 0.15) is 37.4 Å². The van der Waals surface area contributed by atoms with Crippen molar-refractivity contribution in [3.63, 3.8) is 0 Å². The lowest BCUT2D eigenvalue weighted by Crippen LogP contribution is -2.31. The summed E-state index contributed by atoms with van der Waals surface area (Å²) >= 11 is 0. The third kappa shape index (κ3) is 2.49. The number of ether oxygens (including phenoxy) is 2. The van der Waals surface area contributed by atoms with Crippen molar-refractivity contribution in [1.82, 2.24) is 5.32 Å². The first-order chi connectivity index (χ1) is 9.29. The van der Waals surface area contributed by atoms with Gasteiger partial charge in [0, 0.05) is 25.0 Å². The van der Waals surface area contributed by atoms with Crippen LogP contribution in [-0.2, 0) is 11.2 Å². The van der Waals surface area contributed by atoms with Crippen LogP contribution in [0.2, 0.25) is 0 Å². The van der Waals surface area contributed by atoms with Gasteiger partial charge in [-0.05, 0) is 37.1 Å². The number of hydrogen-bond donors (Lipinski definition) is 1. The molecule has 0 saturated carbocycles. The summed E-state index contributed by atoms with van der Waals surface area (Å²) in [6, 6.07) is 7.06. The zero-order valence-corrected chi connectivity index (χ0v) is 11.8. The third-order valence-electron chi connectivity index (χ3n) is 4.36.